The van der Waals surface area contributed by atoms with Crippen LogP contribution in [-0.2, 0) is 0 Å². The molecule has 4 heterocycles. The second kappa shape index (κ2) is 4.51. The van der Waals surface area contributed by atoms with E-state index in [0.717, 1.165) is 11.0 Å². The van der Waals surface area contributed by atoms with Gasteiger partial charge < -0.3 is 4.40 Å². The van der Waals surface area contributed by atoms with Gasteiger partial charge in [0, 0.05) is 33.9 Å². The van der Waals surface area contributed by atoms with E-state index in [2.05, 4.69) is 69.0 Å². The van der Waals surface area contributed by atoms with Crippen LogP contribution in [0.3, 0.4) is 0 Å². The summed E-state index contributed by atoms with van der Waals surface area (Å²) < 4.78 is 2.32. The predicted molar refractivity (Wildman–Crippen MR) is 112 cm³/mol. The molecular formula is C24H13N3. The Balaban J connectivity index is 1.94. The molecule has 0 bridgehead atoms. The Hall–Kier alpha value is -3.72. The summed E-state index contributed by atoms with van der Waals surface area (Å²) in [5.74, 6) is 0. The number of benzene rings is 3. The Bertz CT molecular complexity index is 1670. The van der Waals surface area contributed by atoms with Gasteiger partial charge in [0.15, 0.2) is 0 Å². The summed E-state index contributed by atoms with van der Waals surface area (Å²) in [6.07, 6.45) is 7.69. The molecule has 0 aliphatic rings. The SMILES string of the molecule is c1ccc2c(c1)ccc1c2cc2c3ccncc3n3c4cnccc4c1c23. The third-order valence-electron chi connectivity index (χ3n) is 5.89. The Kier molecular flexibility index (Phi) is 2.25. The maximum Gasteiger partial charge on any atom is 0.0725 e. The summed E-state index contributed by atoms with van der Waals surface area (Å²) in [6, 6.07) is 19.7. The van der Waals surface area contributed by atoms with Crippen molar-refractivity contribution >= 4 is 59.6 Å². The molecule has 7 rings (SSSR count). The largest absolute Gasteiger partial charge is 0.305 e. The molecule has 0 saturated heterocycles. The third kappa shape index (κ3) is 1.50. The summed E-state index contributed by atoms with van der Waals surface area (Å²) in [5.41, 5.74) is 3.55. The molecule has 0 aliphatic heterocycles. The van der Waals surface area contributed by atoms with Gasteiger partial charge in [-0.05, 0) is 39.7 Å². The molecule has 3 nitrogen and oxygen atoms in total. The van der Waals surface area contributed by atoms with Crippen molar-refractivity contribution in [2.75, 3.05) is 0 Å². The van der Waals surface area contributed by atoms with Crippen molar-refractivity contribution < 1.29 is 0 Å². The van der Waals surface area contributed by atoms with E-state index in [1.165, 1.54) is 48.6 Å². The lowest BCUT2D eigenvalue weighted by molar-refractivity contribution is 1.27. The summed E-state index contributed by atoms with van der Waals surface area (Å²) in [6.45, 7) is 0. The highest BCUT2D eigenvalue weighted by molar-refractivity contribution is 6.33. The van der Waals surface area contributed by atoms with Crippen LogP contribution < -0.4 is 0 Å². The molecule has 0 N–H and O–H groups in total. The van der Waals surface area contributed by atoms with E-state index >= 15 is 0 Å². The fourth-order valence-electron chi connectivity index (χ4n) is 4.79. The topological polar surface area (TPSA) is 30.2 Å². The highest BCUT2D eigenvalue weighted by atomic mass is 14.9. The maximum absolute atomic E-state index is 4.40. The molecule has 0 aliphatic carbocycles. The van der Waals surface area contributed by atoms with Gasteiger partial charge in [0.05, 0.1) is 28.9 Å². The van der Waals surface area contributed by atoms with E-state index in [4.69, 9.17) is 0 Å². The highest BCUT2D eigenvalue weighted by Gasteiger charge is 2.20. The van der Waals surface area contributed by atoms with E-state index in [-0.39, 0.29) is 0 Å². The summed E-state index contributed by atoms with van der Waals surface area (Å²) in [5, 5.41) is 10.2. The summed E-state index contributed by atoms with van der Waals surface area (Å²) >= 11 is 0. The Labute approximate surface area is 153 Å². The van der Waals surface area contributed by atoms with Gasteiger partial charge in [-0.2, -0.15) is 0 Å². The fraction of sp³-hybridized carbons (Fsp3) is 0. The average molecular weight is 343 g/mol. The number of hydrogen-bond acceptors (Lipinski definition) is 2. The second-order valence-corrected chi connectivity index (χ2v) is 7.15. The zero-order valence-electron chi connectivity index (χ0n) is 14.3. The monoisotopic (exact) mass is 343 g/mol. The van der Waals surface area contributed by atoms with Crippen LogP contribution in [0.5, 0.6) is 0 Å². The van der Waals surface area contributed by atoms with Crippen LogP contribution in [0.4, 0.5) is 0 Å². The van der Waals surface area contributed by atoms with Gasteiger partial charge in [-0.1, -0.05) is 36.4 Å². The average Bonchev–Trinajstić information content (AvgIpc) is 3.25. The number of aromatic nitrogens is 3. The summed E-state index contributed by atoms with van der Waals surface area (Å²) in [4.78, 5) is 8.79. The van der Waals surface area contributed by atoms with Crippen molar-refractivity contribution in [1.29, 1.82) is 0 Å². The minimum absolute atomic E-state index is 1.14. The standard InChI is InChI=1S/C24H13N3/c1-2-4-15-14(3-1)5-6-17-19(15)11-20-16-7-9-25-12-21(16)27-22-13-26-10-8-18(22)23(17)24(20)27/h1-13H. The summed E-state index contributed by atoms with van der Waals surface area (Å²) in [7, 11) is 0. The molecule has 0 amide bonds. The molecule has 0 saturated carbocycles. The molecule has 0 atom stereocenters. The molecular weight excluding hydrogens is 330 g/mol. The Morgan fingerprint density at radius 2 is 1.37 bits per heavy atom. The first kappa shape index (κ1) is 13.5. The van der Waals surface area contributed by atoms with E-state index in [1.54, 1.807) is 0 Å². The predicted octanol–water partition coefficient (Wildman–Crippen LogP) is 5.93. The Morgan fingerprint density at radius 1 is 0.593 bits per heavy atom. The van der Waals surface area contributed by atoms with Gasteiger partial charge in [-0.15, -0.1) is 0 Å². The molecule has 124 valence electrons. The lowest BCUT2D eigenvalue weighted by Crippen LogP contribution is -1.81. The molecule has 0 radical (unpaired) electrons. The van der Waals surface area contributed by atoms with Crippen molar-refractivity contribution in [2.24, 2.45) is 0 Å². The van der Waals surface area contributed by atoms with Crippen molar-refractivity contribution in [3.05, 3.63) is 79.4 Å². The van der Waals surface area contributed by atoms with Crippen LogP contribution in [-0.4, -0.2) is 14.4 Å². The minimum atomic E-state index is 1.14. The zero-order valence-corrected chi connectivity index (χ0v) is 14.3. The highest BCUT2D eigenvalue weighted by Crippen LogP contribution is 2.43. The van der Waals surface area contributed by atoms with Gasteiger partial charge in [0.1, 0.15) is 0 Å². The molecule has 0 spiro atoms. The minimum Gasteiger partial charge on any atom is -0.305 e. The van der Waals surface area contributed by atoms with E-state index in [9.17, 15) is 0 Å². The van der Waals surface area contributed by atoms with Crippen LogP contribution in [0.2, 0.25) is 0 Å². The molecule has 7 aromatic rings. The number of nitrogens with zero attached hydrogens (tertiary/aromatic N) is 3. The van der Waals surface area contributed by atoms with Gasteiger partial charge in [-0.3, -0.25) is 9.97 Å². The van der Waals surface area contributed by atoms with Crippen molar-refractivity contribution in [3.63, 3.8) is 0 Å². The van der Waals surface area contributed by atoms with Crippen molar-refractivity contribution in [3.8, 4) is 0 Å². The zero-order chi connectivity index (χ0) is 17.5. The van der Waals surface area contributed by atoms with Crippen LogP contribution in [0.25, 0.3) is 59.6 Å². The quantitative estimate of drug-likeness (QED) is 0.319. The third-order valence-corrected chi connectivity index (χ3v) is 5.89. The first-order chi connectivity index (χ1) is 13.4. The first-order valence-electron chi connectivity index (χ1n) is 9.09. The van der Waals surface area contributed by atoms with Crippen LogP contribution in [0.15, 0.2) is 79.4 Å². The van der Waals surface area contributed by atoms with E-state index < -0.39 is 0 Å². The second-order valence-electron chi connectivity index (χ2n) is 7.15. The lowest BCUT2D eigenvalue weighted by atomic mass is 9.96. The van der Waals surface area contributed by atoms with Gasteiger partial charge in [-0.25, -0.2) is 0 Å². The molecule has 3 aromatic carbocycles. The number of rotatable bonds is 0. The number of hydrogen-bond donors (Lipinski definition) is 0. The van der Waals surface area contributed by atoms with Gasteiger partial charge in [0.25, 0.3) is 0 Å². The Morgan fingerprint density at radius 3 is 2.26 bits per heavy atom. The molecule has 3 heteroatoms. The van der Waals surface area contributed by atoms with E-state index in [0.29, 0.717) is 0 Å². The fourth-order valence-corrected chi connectivity index (χ4v) is 4.79. The van der Waals surface area contributed by atoms with Crippen molar-refractivity contribution in [2.45, 2.75) is 0 Å². The maximum atomic E-state index is 4.40. The lowest BCUT2D eigenvalue weighted by Gasteiger charge is -2.06. The van der Waals surface area contributed by atoms with Crippen LogP contribution >= 0.6 is 0 Å². The van der Waals surface area contributed by atoms with Gasteiger partial charge >= 0.3 is 0 Å². The smallest absolute Gasteiger partial charge is 0.0725 e. The van der Waals surface area contributed by atoms with Crippen LogP contribution in [0.1, 0.15) is 0 Å². The molecule has 27 heavy (non-hydrogen) atoms. The normalized spacial score (nSPS) is 12.4. The number of pyridine rings is 2. The molecule has 4 aromatic heterocycles. The first-order valence-corrected chi connectivity index (χ1v) is 9.09. The van der Waals surface area contributed by atoms with Crippen LogP contribution in [0, 0.1) is 0 Å². The molecule has 0 fully saturated rings. The number of fused-ring (bicyclic) bond motifs is 10. The molecule has 0 unspecified atom stereocenters. The van der Waals surface area contributed by atoms with Crippen molar-refractivity contribution in [1.82, 2.24) is 14.4 Å². The van der Waals surface area contributed by atoms with E-state index in [1.807, 2.05) is 24.8 Å². The van der Waals surface area contributed by atoms with Gasteiger partial charge in [0.2, 0.25) is 0 Å².